The molecule has 1 aromatic rings. The van der Waals surface area contributed by atoms with E-state index in [4.69, 9.17) is 4.74 Å². The SMILES string of the molecule is FC(F)(F)C(F)(F)Oc1ccc(OC2CCCC[N]2)cc1. The molecule has 1 atom stereocenters. The van der Waals surface area contributed by atoms with Gasteiger partial charge in [0.1, 0.15) is 11.5 Å². The molecule has 1 aliphatic rings. The highest BCUT2D eigenvalue weighted by molar-refractivity contribution is 5.31. The Labute approximate surface area is 118 Å². The predicted octanol–water partition coefficient (Wildman–Crippen LogP) is 3.71. The summed E-state index contributed by atoms with van der Waals surface area (Å²) in [6, 6.07) is 4.54. The van der Waals surface area contributed by atoms with Crippen molar-refractivity contribution in [2.75, 3.05) is 6.54 Å². The topological polar surface area (TPSA) is 32.6 Å². The van der Waals surface area contributed by atoms with Crippen LogP contribution in [-0.2, 0) is 0 Å². The van der Waals surface area contributed by atoms with Crippen molar-refractivity contribution in [3.05, 3.63) is 24.3 Å². The maximum atomic E-state index is 12.7. The third-order valence-electron chi connectivity index (χ3n) is 2.86. The first-order chi connectivity index (χ1) is 9.78. The molecule has 1 aromatic carbocycles. The number of hydrogen-bond donors (Lipinski definition) is 0. The Morgan fingerprint density at radius 3 is 2.10 bits per heavy atom. The summed E-state index contributed by atoms with van der Waals surface area (Å²) in [5.41, 5.74) is 0. The first kappa shape index (κ1) is 15.8. The highest BCUT2D eigenvalue weighted by atomic mass is 19.4. The van der Waals surface area contributed by atoms with Gasteiger partial charge in [0.15, 0.2) is 6.23 Å². The van der Waals surface area contributed by atoms with Gasteiger partial charge in [0.25, 0.3) is 0 Å². The van der Waals surface area contributed by atoms with Gasteiger partial charge in [0, 0.05) is 6.54 Å². The van der Waals surface area contributed by atoms with E-state index in [1.165, 1.54) is 12.1 Å². The highest BCUT2D eigenvalue weighted by Crippen LogP contribution is 2.37. The molecule has 8 heteroatoms. The van der Waals surface area contributed by atoms with Gasteiger partial charge in [-0.05, 0) is 43.5 Å². The van der Waals surface area contributed by atoms with Crippen molar-refractivity contribution in [2.24, 2.45) is 0 Å². The van der Waals surface area contributed by atoms with Crippen molar-refractivity contribution in [2.45, 2.75) is 37.8 Å². The molecule has 1 aliphatic heterocycles. The van der Waals surface area contributed by atoms with Gasteiger partial charge >= 0.3 is 12.3 Å². The van der Waals surface area contributed by atoms with E-state index in [9.17, 15) is 22.0 Å². The second kappa shape index (κ2) is 6.05. The maximum Gasteiger partial charge on any atom is 0.499 e. The zero-order valence-electron chi connectivity index (χ0n) is 10.9. The molecule has 1 heterocycles. The monoisotopic (exact) mass is 310 g/mol. The summed E-state index contributed by atoms with van der Waals surface area (Å²) in [5, 5.41) is 4.22. The quantitative estimate of drug-likeness (QED) is 0.794. The smallest absolute Gasteiger partial charge is 0.474 e. The molecule has 0 N–H and O–H groups in total. The average Bonchev–Trinajstić information content (AvgIpc) is 2.41. The molecule has 117 valence electrons. The summed E-state index contributed by atoms with van der Waals surface area (Å²) in [5.74, 6) is -0.251. The van der Waals surface area contributed by atoms with E-state index in [0.717, 1.165) is 31.4 Å². The Hall–Kier alpha value is -1.57. The van der Waals surface area contributed by atoms with Crippen LogP contribution in [0.1, 0.15) is 19.3 Å². The highest BCUT2D eigenvalue weighted by Gasteiger charge is 2.61. The minimum absolute atomic E-state index is 0.304. The molecule has 0 spiro atoms. The van der Waals surface area contributed by atoms with Crippen LogP contribution in [0.25, 0.3) is 0 Å². The van der Waals surface area contributed by atoms with Gasteiger partial charge in [-0.1, -0.05) is 0 Å². The molecule has 0 bridgehead atoms. The Balaban J connectivity index is 1.95. The summed E-state index contributed by atoms with van der Waals surface area (Å²) in [4.78, 5) is 0. The van der Waals surface area contributed by atoms with Gasteiger partial charge in [-0.25, -0.2) is 5.32 Å². The minimum Gasteiger partial charge on any atom is -0.474 e. The lowest BCUT2D eigenvalue weighted by Gasteiger charge is -2.23. The molecule has 21 heavy (non-hydrogen) atoms. The van der Waals surface area contributed by atoms with Crippen LogP contribution in [0.15, 0.2) is 24.3 Å². The number of piperidine rings is 1. The Morgan fingerprint density at radius 1 is 0.952 bits per heavy atom. The first-order valence-corrected chi connectivity index (χ1v) is 6.35. The molecule has 0 amide bonds. The molecular weight excluding hydrogens is 297 g/mol. The lowest BCUT2D eigenvalue weighted by atomic mass is 10.1. The fraction of sp³-hybridized carbons (Fsp3) is 0.538. The average molecular weight is 310 g/mol. The first-order valence-electron chi connectivity index (χ1n) is 6.35. The van der Waals surface area contributed by atoms with Crippen LogP contribution < -0.4 is 14.8 Å². The summed E-state index contributed by atoms with van der Waals surface area (Å²) in [6.07, 6.45) is -8.56. The van der Waals surface area contributed by atoms with Gasteiger partial charge < -0.3 is 9.47 Å². The molecule has 1 unspecified atom stereocenters. The molecule has 0 aromatic heterocycles. The lowest BCUT2D eigenvalue weighted by Crippen LogP contribution is -2.41. The van der Waals surface area contributed by atoms with Crippen LogP contribution in [-0.4, -0.2) is 25.1 Å². The van der Waals surface area contributed by atoms with E-state index in [1.54, 1.807) is 0 Å². The summed E-state index contributed by atoms with van der Waals surface area (Å²) in [7, 11) is 0. The third-order valence-corrected chi connectivity index (χ3v) is 2.86. The predicted molar refractivity (Wildman–Crippen MR) is 63.3 cm³/mol. The maximum absolute atomic E-state index is 12.7. The number of ether oxygens (including phenoxy) is 2. The fourth-order valence-electron chi connectivity index (χ4n) is 1.80. The molecule has 0 saturated carbocycles. The van der Waals surface area contributed by atoms with Crippen molar-refractivity contribution in [1.82, 2.24) is 5.32 Å². The zero-order chi connectivity index (χ0) is 15.5. The molecule has 0 aliphatic carbocycles. The van der Waals surface area contributed by atoms with Crippen molar-refractivity contribution in [3.8, 4) is 11.5 Å². The Kier molecular flexibility index (Phi) is 4.55. The number of hydrogen-bond acceptors (Lipinski definition) is 2. The Bertz CT molecular complexity index is 455. The molecule has 1 saturated heterocycles. The summed E-state index contributed by atoms with van der Waals surface area (Å²) < 4.78 is 70.5. The lowest BCUT2D eigenvalue weighted by molar-refractivity contribution is -0.360. The van der Waals surface area contributed by atoms with Crippen LogP contribution >= 0.6 is 0 Å². The van der Waals surface area contributed by atoms with E-state index in [0.29, 0.717) is 12.3 Å². The number of halogens is 5. The van der Waals surface area contributed by atoms with Crippen molar-refractivity contribution in [1.29, 1.82) is 0 Å². The molecular formula is C13H13F5NO2. The van der Waals surface area contributed by atoms with E-state index in [2.05, 4.69) is 10.1 Å². The Morgan fingerprint density at radius 2 is 1.57 bits per heavy atom. The van der Waals surface area contributed by atoms with E-state index >= 15 is 0 Å². The van der Waals surface area contributed by atoms with E-state index in [-0.39, 0.29) is 6.23 Å². The van der Waals surface area contributed by atoms with Crippen LogP contribution in [0.3, 0.4) is 0 Å². The summed E-state index contributed by atoms with van der Waals surface area (Å²) >= 11 is 0. The zero-order valence-corrected chi connectivity index (χ0v) is 10.9. The van der Waals surface area contributed by atoms with Crippen LogP contribution in [0.4, 0.5) is 22.0 Å². The standard InChI is InChI=1S/C13H13F5NO2/c14-12(15,16)13(17,18)21-10-6-4-9(5-7-10)20-11-3-1-2-8-19-11/h4-7,11H,1-3,8H2. The van der Waals surface area contributed by atoms with Crippen LogP contribution in [0.5, 0.6) is 11.5 Å². The van der Waals surface area contributed by atoms with Crippen molar-refractivity contribution >= 4 is 0 Å². The normalized spacial score (nSPS) is 20.1. The molecule has 1 fully saturated rings. The number of nitrogens with zero attached hydrogens (tertiary/aromatic N) is 1. The van der Waals surface area contributed by atoms with Crippen molar-refractivity contribution < 1.29 is 31.4 Å². The van der Waals surface area contributed by atoms with Gasteiger partial charge in [-0.15, -0.1) is 0 Å². The van der Waals surface area contributed by atoms with Gasteiger partial charge in [0.2, 0.25) is 0 Å². The largest absolute Gasteiger partial charge is 0.499 e. The van der Waals surface area contributed by atoms with Gasteiger partial charge in [-0.3, -0.25) is 0 Å². The van der Waals surface area contributed by atoms with Crippen LogP contribution in [0, 0.1) is 0 Å². The fourth-order valence-corrected chi connectivity index (χ4v) is 1.80. The third kappa shape index (κ3) is 4.20. The molecule has 3 nitrogen and oxygen atoms in total. The van der Waals surface area contributed by atoms with Gasteiger partial charge in [0.05, 0.1) is 0 Å². The minimum atomic E-state index is -5.76. The second-order valence-corrected chi connectivity index (χ2v) is 4.56. The van der Waals surface area contributed by atoms with Crippen molar-refractivity contribution in [3.63, 3.8) is 0 Å². The number of alkyl halides is 5. The number of rotatable bonds is 4. The van der Waals surface area contributed by atoms with Crippen LogP contribution in [0.2, 0.25) is 0 Å². The summed E-state index contributed by atoms with van der Waals surface area (Å²) in [6.45, 7) is 0.698. The molecule has 1 radical (unpaired) electrons. The van der Waals surface area contributed by atoms with E-state index < -0.39 is 18.0 Å². The van der Waals surface area contributed by atoms with Gasteiger partial charge in [-0.2, -0.15) is 22.0 Å². The van der Waals surface area contributed by atoms with E-state index in [1.807, 2.05) is 0 Å². The number of benzene rings is 1. The second-order valence-electron chi connectivity index (χ2n) is 4.56. The molecule has 2 rings (SSSR count).